The monoisotopic (exact) mass is 389 g/mol. The summed E-state index contributed by atoms with van der Waals surface area (Å²) in [5.41, 5.74) is 7.91. The van der Waals surface area contributed by atoms with Gasteiger partial charge in [0, 0.05) is 51.3 Å². The van der Waals surface area contributed by atoms with Crippen LogP contribution in [0.25, 0.3) is 11.4 Å². The van der Waals surface area contributed by atoms with E-state index in [-0.39, 0.29) is 12.8 Å². The van der Waals surface area contributed by atoms with Crippen LogP contribution < -0.4 is 10.6 Å². The average molecular weight is 389 g/mol. The number of rotatable bonds is 7. The number of nitrogens with two attached hydrogens (primary N) is 1. The lowest BCUT2D eigenvalue weighted by Gasteiger charge is -2.32. The molecule has 0 unspecified atom stereocenters. The number of piperidine rings is 1. The summed E-state index contributed by atoms with van der Waals surface area (Å²) in [5, 5.41) is 0. The molecule has 0 saturated carbocycles. The van der Waals surface area contributed by atoms with E-state index in [1.807, 2.05) is 19.2 Å². The molecular formula is C20H25F2N5O. The molecule has 150 valence electrons. The van der Waals surface area contributed by atoms with Crippen molar-refractivity contribution in [3.63, 3.8) is 0 Å². The van der Waals surface area contributed by atoms with Crippen LogP contribution in [0.5, 0.6) is 0 Å². The number of halogens is 2. The van der Waals surface area contributed by atoms with Gasteiger partial charge < -0.3 is 15.5 Å². The van der Waals surface area contributed by atoms with E-state index in [9.17, 15) is 13.6 Å². The zero-order valence-corrected chi connectivity index (χ0v) is 15.9. The van der Waals surface area contributed by atoms with Crippen LogP contribution >= 0.6 is 0 Å². The molecule has 2 aromatic heterocycles. The number of aromatic nitrogens is 2. The fourth-order valence-electron chi connectivity index (χ4n) is 3.25. The Balaban J connectivity index is 1.52. The second kappa shape index (κ2) is 8.60. The lowest BCUT2D eigenvalue weighted by molar-refractivity contribution is -0.0550. The minimum Gasteiger partial charge on any atom is -0.373 e. The van der Waals surface area contributed by atoms with Crippen LogP contribution in [-0.4, -0.2) is 59.9 Å². The van der Waals surface area contributed by atoms with Crippen molar-refractivity contribution >= 4 is 11.6 Å². The number of pyridine rings is 2. The fraction of sp³-hybridized carbons (Fsp3) is 0.450. The highest BCUT2D eigenvalue weighted by Crippen LogP contribution is 2.27. The quantitative estimate of drug-likeness (QED) is 0.788. The van der Waals surface area contributed by atoms with E-state index >= 15 is 0 Å². The Bertz CT molecular complexity index is 802. The molecule has 0 aromatic carbocycles. The van der Waals surface area contributed by atoms with Gasteiger partial charge in [0.2, 0.25) is 5.91 Å². The highest BCUT2D eigenvalue weighted by atomic mass is 19.3. The van der Waals surface area contributed by atoms with E-state index in [0.29, 0.717) is 30.0 Å². The molecule has 0 spiro atoms. The number of carbonyl (C=O) groups excluding carboxylic acids is 1. The molecule has 1 amide bonds. The summed E-state index contributed by atoms with van der Waals surface area (Å²) >= 11 is 0. The van der Waals surface area contributed by atoms with Crippen molar-refractivity contribution in [3.8, 4) is 11.4 Å². The summed E-state index contributed by atoms with van der Waals surface area (Å²) in [7, 11) is 1.98. The molecule has 2 N–H and O–H groups in total. The summed E-state index contributed by atoms with van der Waals surface area (Å²) in [6, 6.07) is 6.99. The minimum absolute atomic E-state index is 0.0424. The van der Waals surface area contributed by atoms with Gasteiger partial charge in [0.15, 0.2) is 0 Å². The number of carbonyl (C=O) groups is 1. The van der Waals surface area contributed by atoms with Crippen molar-refractivity contribution in [2.45, 2.75) is 25.2 Å². The number of nitrogens with zero attached hydrogens (tertiary/aromatic N) is 4. The molecule has 28 heavy (non-hydrogen) atoms. The molecule has 3 heterocycles. The SMILES string of the molecule is CN(CCCN1CCC(F)(F)CC1)c1ccc(-c2cc(C(N)=O)ccn2)nc1. The van der Waals surface area contributed by atoms with E-state index < -0.39 is 11.8 Å². The molecule has 0 aliphatic carbocycles. The van der Waals surface area contributed by atoms with E-state index in [4.69, 9.17) is 5.73 Å². The maximum Gasteiger partial charge on any atom is 0.250 e. The van der Waals surface area contributed by atoms with Crippen molar-refractivity contribution < 1.29 is 13.6 Å². The van der Waals surface area contributed by atoms with Crippen molar-refractivity contribution in [2.75, 3.05) is 38.1 Å². The smallest absolute Gasteiger partial charge is 0.250 e. The zero-order valence-electron chi connectivity index (χ0n) is 15.9. The highest BCUT2D eigenvalue weighted by molar-refractivity contribution is 5.93. The van der Waals surface area contributed by atoms with Crippen LogP contribution in [0.2, 0.25) is 0 Å². The third kappa shape index (κ3) is 5.22. The Kier molecular flexibility index (Phi) is 6.18. The number of hydrogen-bond donors (Lipinski definition) is 1. The molecular weight excluding hydrogens is 364 g/mol. The van der Waals surface area contributed by atoms with Gasteiger partial charge in [-0.3, -0.25) is 14.8 Å². The zero-order chi connectivity index (χ0) is 20.1. The van der Waals surface area contributed by atoms with Gasteiger partial charge in [0.05, 0.1) is 23.3 Å². The van der Waals surface area contributed by atoms with Crippen LogP contribution in [0.1, 0.15) is 29.6 Å². The largest absolute Gasteiger partial charge is 0.373 e. The Hall–Kier alpha value is -2.61. The van der Waals surface area contributed by atoms with Gasteiger partial charge in [0.1, 0.15) is 0 Å². The first-order valence-electron chi connectivity index (χ1n) is 9.38. The van der Waals surface area contributed by atoms with Crippen molar-refractivity contribution in [3.05, 3.63) is 42.2 Å². The van der Waals surface area contributed by atoms with Crippen LogP contribution in [0.15, 0.2) is 36.7 Å². The lowest BCUT2D eigenvalue weighted by Crippen LogP contribution is -2.40. The standard InChI is InChI=1S/C20H25F2N5O/c1-26(9-2-10-27-11-6-20(21,22)7-12-27)16-3-4-17(25-14-16)18-13-15(19(23)28)5-8-24-18/h3-5,8,13-14H,2,6-7,9-12H2,1H3,(H2,23,28). The molecule has 0 atom stereocenters. The molecule has 8 heteroatoms. The predicted molar refractivity (Wildman–Crippen MR) is 104 cm³/mol. The van der Waals surface area contributed by atoms with E-state index in [1.165, 1.54) is 6.20 Å². The Morgan fingerprint density at radius 3 is 2.61 bits per heavy atom. The number of anilines is 1. The number of hydrogen-bond acceptors (Lipinski definition) is 5. The Morgan fingerprint density at radius 2 is 1.96 bits per heavy atom. The Labute approximate surface area is 163 Å². The first-order chi connectivity index (χ1) is 13.3. The van der Waals surface area contributed by atoms with Crippen LogP contribution in [0.3, 0.4) is 0 Å². The molecule has 2 aromatic rings. The summed E-state index contributed by atoms with van der Waals surface area (Å²) in [5.74, 6) is -3.00. The topological polar surface area (TPSA) is 75.3 Å². The van der Waals surface area contributed by atoms with Gasteiger partial charge in [-0.15, -0.1) is 0 Å². The summed E-state index contributed by atoms with van der Waals surface area (Å²) in [6.07, 6.45) is 4.10. The van der Waals surface area contributed by atoms with E-state index in [2.05, 4.69) is 19.8 Å². The molecule has 1 aliphatic rings. The number of alkyl halides is 2. The number of amides is 1. The molecule has 1 aliphatic heterocycles. The first-order valence-corrected chi connectivity index (χ1v) is 9.38. The second-order valence-corrected chi connectivity index (χ2v) is 7.17. The van der Waals surface area contributed by atoms with Crippen molar-refractivity contribution in [1.82, 2.24) is 14.9 Å². The van der Waals surface area contributed by atoms with E-state index in [0.717, 1.165) is 25.2 Å². The molecule has 0 bridgehead atoms. The summed E-state index contributed by atoms with van der Waals surface area (Å²) in [6.45, 7) is 2.55. The number of primary amides is 1. The normalized spacial score (nSPS) is 16.7. The predicted octanol–water partition coefficient (Wildman–Crippen LogP) is 2.80. The lowest BCUT2D eigenvalue weighted by atomic mass is 10.1. The Morgan fingerprint density at radius 1 is 1.21 bits per heavy atom. The molecule has 1 saturated heterocycles. The summed E-state index contributed by atoms with van der Waals surface area (Å²) < 4.78 is 26.4. The number of likely N-dealkylation sites (tertiary alicyclic amines) is 1. The third-order valence-electron chi connectivity index (χ3n) is 5.05. The van der Waals surface area contributed by atoms with Gasteiger partial charge in [-0.05, 0) is 37.2 Å². The van der Waals surface area contributed by atoms with Crippen molar-refractivity contribution in [1.29, 1.82) is 0 Å². The van der Waals surface area contributed by atoms with Crippen LogP contribution in [0.4, 0.5) is 14.5 Å². The summed E-state index contributed by atoms with van der Waals surface area (Å²) in [4.78, 5) is 24.2. The average Bonchev–Trinajstić information content (AvgIpc) is 2.69. The maximum absolute atomic E-state index is 13.2. The maximum atomic E-state index is 13.2. The fourth-order valence-corrected chi connectivity index (χ4v) is 3.25. The highest BCUT2D eigenvalue weighted by Gasteiger charge is 2.33. The first kappa shape index (κ1) is 20.1. The van der Waals surface area contributed by atoms with Crippen LogP contribution in [0, 0.1) is 0 Å². The van der Waals surface area contributed by atoms with Crippen LogP contribution in [-0.2, 0) is 0 Å². The molecule has 1 fully saturated rings. The van der Waals surface area contributed by atoms with Crippen molar-refractivity contribution in [2.24, 2.45) is 5.73 Å². The van der Waals surface area contributed by atoms with Gasteiger partial charge in [0.25, 0.3) is 5.92 Å². The second-order valence-electron chi connectivity index (χ2n) is 7.17. The van der Waals surface area contributed by atoms with Gasteiger partial charge >= 0.3 is 0 Å². The minimum atomic E-state index is -2.49. The van der Waals surface area contributed by atoms with Gasteiger partial charge in [-0.25, -0.2) is 8.78 Å². The molecule has 0 radical (unpaired) electrons. The molecule has 3 rings (SSSR count). The third-order valence-corrected chi connectivity index (χ3v) is 5.05. The van der Waals surface area contributed by atoms with Gasteiger partial charge in [-0.2, -0.15) is 0 Å². The van der Waals surface area contributed by atoms with E-state index in [1.54, 1.807) is 18.3 Å². The molecule has 6 nitrogen and oxygen atoms in total. The van der Waals surface area contributed by atoms with Gasteiger partial charge in [-0.1, -0.05) is 0 Å².